The maximum absolute atomic E-state index is 12.8. The van der Waals surface area contributed by atoms with Gasteiger partial charge in [0.2, 0.25) is 0 Å². The Morgan fingerprint density at radius 1 is 1.18 bits per heavy atom. The van der Waals surface area contributed by atoms with E-state index in [4.69, 9.17) is 4.74 Å². The number of urea groups is 1. The van der Waals surface area contributed by atoms with Crippen LogP contribution in [0.5, 0.6) is 0 Å². The van der Waals surface area contributed by atoms with E-state index in [0.717, 1.165) is 50.7 Å². The first-order valence-corrected chi connectivity index (χ1v) is 8.10. The molecule has 1 aromatic rings. The molecule has 8 heteroatoms. The van der Waals surface area contributed by atoms with Gasteiger partial charge in [0.1, 0.15) is 5.82 Å². The second kappa shape index (κ2) is 5.85. The minimum Gasteiger partial charge on any atom is -0.378 e. The molecule has 0 saturated carbocycles. The number of carbonyl (C=O) groups excluding carboxylic acids is 1. The highest BCUT2D eigenvalue weighted by Gasteiger charge is 2.36. The van der Waals surface area contributed by atoms with Crippen LogP contribution in [0.4, 0.5) is 4.79 Å². The Hall–Kier alpha value is -1.67. The summed E-state index contributed by atoms with van der Waals surface area (Å²) >= 11 is 0. The van der Waals surface area contributed by atoms with Crippen molar-refractivity contribution in [2.75, 3.05) is 39.4 Å². The zero-order valence-corrected chi connectivity index (χ0v) is 12.7. The summed E-state index contributed by atoms with van der Waals surface area (Å²) in [6, 6.07) is 0.187. The van der Waals surface area contributed by atoms with Gasteiger partial charge in [0.05, 0.1) is 25.8 Å². The van der Waals surface area contributed by atoms with Crippen molar-refractivity contribution in [3.63, 3.8) is 0 Å². The van der Waals surface area contributed by atoms with E-state index < -0.39 is 0 Å². The predicted molar refractivity (Wildman–Crippen MR) is 78.2 cm³/mol. The molecule has 3 aliphatic heterocycles. The molecular formula is C14H22N6O2. The van der Waals surface area contributed by atoms with Crippen LogP contribution in [0.1, 0.15) is 30.5 Å². The average Bonchev–Trinajstić information content (AvgIpc) is 3.21. The SMILES string of the molecule is O=C(N1CCOCC1)N1CCCC1c1nnc2n1CCNC2. The van der Waals surface area contributed by atoms with Gasteiger partial charge >= 0.3 is 6.03 Å². The van der Waals surface area contributed by atoms with Gasteiger partial charge in [0, 0.05) is 32.7 Å². The zero-order chi connectivity index (χ0) is 14.9. The molecule has 120 valence electrons. The van der Waals surface area contributed by atoms with Gasteiger partial charge in [-0.1, -0.05) is 0 Å². The quantitative estimate of drug-likeness (QED) is 0.788. The molecular weight excluding hydrogens is 284 g/mol. The second-order valence-electron chi connectivity index (χ2n) is 6.04. The van der Waals surface area contributed by atoms with Gasteiger partial charge in [-0.25, -0.2) is 4.79 Å². The van der Waals surface area contributed by atoms with Crippen LogP contribution in [0.15, 0.2) is 0 Å². The fraction of sp³-hybridized carbons (Fsp3) is 0.786. The van der Waals surface area contributed by atoms with E-state index in [0.29, 0.717) is 26.3 Å². The van der Waals surface area contributed by atoms with Crippen molar-refractivity contribution in [3.8, 4) is 0 Å². The molecule has 0 bridgehead atoms. The lowest BCUT2D eigenvalue weighted by atomic mass is 10.2. The average molecular weight is 306 g/mol. The fourth-order valence-electron chi connectivity index (χ4n) is 3.56. The van der Waals surface area contributed by atoms with E-state index in [2.05, 4.69) is 20.1 Å². The lowest BCUT2D eigenvalue weighted by Gasteiger charge is -2.33. The number of carbonyl (C=O) groups is 1. The number of fused-ring (bicyclic) bond motifs is 1. The van der Waals surface area contributed by atoms with Gasteiger partial charge in [0.25, 0.3) is 0 Å². The Morgan fingerprint density at radius 2 is 2.05 bits per heavy atom. The monoisotopic (exact) mass is 306 g/mol. The number of morpholine rings is 1. The number of nitrogens with one attached hydrogen (secondary N) is 1. The summed E-state index contributed by atoms with van der Waals surface area (Å²) in [5.41, 5.74) is 0. The molecule has 0 aliphatic carbocycles. The van der Waals surface area contributed by atoms with Crippen LogP contribution in [-0.4, -0.2) is 70.0 Å². The van der Waals surface area contributed by atoms with Crippen LogP contribution in [0.25, 0.3) is 0 Å². The van der Waals surface area contributed by atoms with Crippen molar-refractivity contribution in [3.05, 3.63) is 11.6 Å². The van der Waals surface area contributed by atoms with Crippen molar-refractivity contribution >= 4 is 6.03 Å². The number of hydrogen-bond donors (Lipinski definition) is 1. The van der Waals surface area contributed by atoms with Crippen molar-refractivity contribution in [2.24, 2.45) is 0 Å². The summed E-state index contributed by atoms with van der Waals surface area (Å²) in [5, 5.41) is 12.0. The van der Waals surface area contributed by atoms with Crippen LogP contribution in [-0.2, 0) is 17.8 Å². The van der Waals surface area contributed by atoms with E-state index in [-0.39, 0.29) is 12.1 Å². The van der Waals surface area contributed by atoms with Gasteiger partial charge in [-0.15, -0.1) is 10.2 Å². The number of aromatic nitrogens is 3. The Balaban J connectivity index is 1.55. The third-order valence-electron chi connectivity index (χ3n) is 4.73. The highest BCUT2D eigenvalue weighted by atomic mass is 16.5. The molecule has 4 heterocycles. The van der Waals surface area contributed by atoms with Crippen molar-refractivity contribution in [1.82, 2.24) is 29.9 Å². The molecule has 1 N–H and O–H groups in total. The van der Waals surface area contributed by atoms with Crippen LogP contribution >= 0.6 is 0 Å². The largest absolute Gasteiger partial charge is 0.378 e. The minimum absolute atomic E-state index is 0.0645. The molecule has 0 spiro atoms. The lowest BCUT2D eigenvalue weighted by molar-refractivity contribution is 0.0417. The molecule has 1 atom stereocenters. The van der Waals surface area contributed by atoms with E-state index >= 15 is 0 Å². The summed E-state index contributed by atoms with van der Waals surface area (Å²) in [5.74, 6) is 1.93. The Bertz CT molecular complexity index is 554. The third-order valence-corrected chi connectivity index (χ3v) is 4.73. The molecule has 8 nitrogen and oxygen atoms in total. The molecule has 4 rings (SSSR count). The predicted octanol–water partition coefficient (Wildman–Crippen LogP) is -0.0296. The van der Waals surface area contributed by atoms with E-state index in [1.54, 1.807) is 0 Å². The first-order chi connectivity index (χ1) is 10.8. The Kier molecular flexibility index (Phi) is 3.71. The van der Waals surface area contributed by atoms with Gasteiger partial charge in [-0.3, -0.25) is 0 Å². The van der Waals surface area contributed by atoms with Gasteiger partial charge < -0.3 is 24.4 Å². The van der Waals surface area contributed by atoms with E-state index in [1.807, 2.05) is 9.80 Å². The van der Waals surface area contributed by atoms with Crippen LogP contribution in [0.2, 0.25) is 0 Å². The number of ether oxygens (including phenoxy) is 1. The van der Waals surface area contributed by atoms with Crippen LogP contribution < -0.4 is 5.32 Å². The smallest absolute Gasteiger partial charge is 0.320 e. The van der Waals surface area contributed by atoms with Gasteiger partial charge in [-0.05, 0) is 12.8 Å². The summed E-state index contributed by atoms with van der Waals surface area (Å²) in [7, 11) is 0. The minimum atomic E-state index is 0.0645. The molecule has 0 aromatic carbocycles. The Morgan fingerprint density at radius 3 is 2.91 bits per heavy atom. The lowest BCUT2D eigenvalue weighted by Crippen LogP contribution is -2.48. The highest BCUT2D eigenvalue weighted by molar-refractivity contribution is 5.75. The standard InChI is InChI=1S/C14H22N6O2/c21-14(18-6-8-22-9-7-18)19-4-1-2-11(19)13-17-16-12-10-15-3-5-20(12)13/h11,15H,1-10H2. The summed E-state index contributed by atoms with van der Waals surface area (Å²) in [6.07, 6.45) is 2.00. The van der Waals surface area contributed by atoms with Crippen molar-refractivity contribution in [1.29, 1.82) is 0 Å². The normalized spacial score (nSPS) is 25.4. The van der Waals surface area contributed by atoms with Crippen LogP contribution in [0, 0.1) is 0 Å². The third kappa shape index (κ3) is 2.36. The first kappa shape index (κ1) is 14.0. The molecule has 2 amide bonds. The molecule has 22 heavy (non-hydrogen) atoms. The second-order valence-corrected chi connectivity index (χ2v) is 6.04. The maximum Gasteiger partial charge on any atom is 0.320 e. The number of likely N-dealkylation sites (tertiary alicyclic amines) is 1. The fourth-order valence-corrected chi connectivity index (χ4v) is 3.56. The molecule has 3 aliphatic rings. The topological polar surface area (TPSA) is 75.5 Å². The van der Waals surface area contributed by atoms with Crippen molar-refractivity contribution in [2.45, 2.75) is 32.0 Å². The number of nitrogens with zero attached hydrogens (tertiary/aromatic N) is 5. The molecule has 1 unspecified atom stereocenters. The van der Waals surface area contributed by atoms with E-state index in [1.165, 1.54) is 0 Å². The van der Waals surface area contributed by atoms with Gasteiger partial charge in [-0.2, -0.15) is 0 Å². The molecule has 2 fully saturated rings. The van der Waals surface area contributed by atoms with E-state index in [9.17, 15) is 4.79 Å². The summed E-state index contributed by atoms with van der Waals surface area (Å²) < 4.78 is 7.53. The highest BCUT2D eigenvalue weighted by Crippen LogP contribution is 2.32. The van der Waals surface area contributed by atoms with Crippen LogP contribution in [0.3, 0.4) is 0 Å². The first-order valence-electron chi connectivity index (χ1n) is 8.10. The molecule has 0 radical (unpaired) electrons. The Labute approximate surface area is 129 Å². The number of hydrogen-bond acceptors (Lipinski definition) is 5. The molecule has 2 saturated heterocycles. The summed E-state index contributed by atoms with van der Waals surface area (Å²) in [6.45, 7) is 6.02. The van der Waals surface area contributed by atoms with Gasteiger partial charge in [0.15, 0.2) is 5.82 Å². The summed E-state index contributed by atoms with van der Waals surface area (Å²) in [4.78, 5) is 16.7. The maximum atomic E-state index is 12.8. The number of rotatable bonds is 1. The molecule has 1 aromatic heterocycles. The number of amides is 2. The zero-order valence-electron chi connectivity index (χ0n) is 12.7. The van der Waals surface area contributed by atoms with Crippen molar-refractivity contribution < 1.29 is 9.53 Å².